The van der Waals surface area contributed by atoms with Gasteiger partial charge in [0.05, 0.1) is 9.79 Å². The molecule has 134 valence electrons. The normalized spacial score (nSPS) is 10.8. The second-order valence-corrected chi connectivity index (χ2v) is 7.80. The van der Waals surface area contributed by atoms with E-state index in [1.54, 1.807) is 11.8 Å². The van der Waals surface area contributed by atoms with Gasteiger partial charge in [-0.15, -0.1) is 0 Å². The maximum atomic E-state index is 10.5. The predicted octanol–water partition coefficient (Wildman–Crippen LogP) is 6.36. The van der Waals surface area contributed by atoms with Crippen molar-refractivity contribution in [1.82, 2.24) is 0 Å². The summed E-state index contributed by atoms with van der Waals surface area (Å²) in [6.07, 6.45) is 0. The van der Waals surface area contributed by atoms with Gasteiger partial charge in [0, 0.05) is 0 Å². The highest BCUT2D eigenvalue weighted by Crippen LogP contribution is 2.43. The maximum absolute atomic E-state index is 10.5. The summed E-state index contributed by atoms with van der Waals surface area (Å²) in [7, 11) is 0. The molecule has 0 aromatic heterocycles. The van der Waals surface area contributed by atoms with Crippen LogP contribution in [0.15, 0.2) is 64.4 Å². The number of aromatic hydroxyl groups is 1. The number of hydrogen-bond acceptors (Lipinski definition) is 3. The van der Waals surface area contributed by atoms with E-state index < -0.39 is 0 Å². The lowest BCUT2D eigenvalue weighted by atomic mass is 10.1. The number of hydrogen-bond donors (Lipinski definition) is 1. The number of benzene rings is 3. The van der Waals surface area contributed by atoms with Gasteiger partial charge in [-0.2, -0.15) is 0 Å². The molecule has 0 fully saturated rings. The molecule has 3 aromatic rings. The molecule has 1 N–H and O–H groups in total. The molecule has 3 rings (SSSR count). The monoisotopic (exact) mass is 364 g/mol. The molecule has 0 radical (unpaired) electrons. The van der Waals surface area contributed by atoms with E-state index in [0.717, 1.165) is 37.8 Å². The van der Waals surface area contributed by atoms with Crippen molar-refractivity contribution in [2.45, 2.75) is 44.1 Å². The first-order valence-electron chi connectivity index (χ1n) is 8.70. The first-order chi connectivity index (χ1) is 12.4. The fourth-order valence-corrected chi connectivity index (χ4v) is 4.32. The van der Waals surface area contributed by atoms with E-state index in [2.05, 4.69) is 38.1 Å². The largest absolute Gasteiger partial charge is 0.506 e. The summed E-state index contributed by atoms with van der Waals surface area (Å²) in [6, 6.07) is 18.4. The van der Waals surface area contributed by atoms with Gasteiger partial charge in [0.1, 0.15) is 18.1 Å². The number of ether oxygens (including phenoxy) is 1. The third-order valence-electron chi connectivity index (χ3n) is 4.24. The first-order valence-corrected chi connectivity index (χ1v) is 9.51. The first kappa shape index (κ1) is 18.4. The van der Waals surface area contributed by atoms with Gasteiger partial charge in [-0.1, -0.05) is 54.2 Å². The zero-order valence-electron chi connectivity index (χ0n) is 15.7. The van der Waals surface area contributed by atoms with Crippen LogP contribution in [0.5, 0.6) is 11.5 Å². The molecular formula is C23H24O2S. The lowest BCUT2D eigenvalue weighted by Crippen LogP contribution is -1.99. The fourth-order valence-electron chi connectivity index (χ4n) is 3.02. The standard InChI is InChI=1S/C23H24O2S/c1-15-10-17(3)22(24)20(12-15)26-21-13-16(2)11-18(4)23(21)25-14-19-8-6-5-7-9-19/h5-13,24H,14H2,1-4H3. The van der Waals surface area contributed by atoms with Crippen molar-refractivity contribution in [1.29, 1.82) is 0 Å². The molecule has 26 heavy (non-hydrogen) atoms. The Hall–Kier alpha value is -2.39. The summed E-state index contributed by atoms with van der Waals surface area (Å²) in [5, 5.41) is 10.5. The molecular weight excluding hydrogens is 340 g/mol. The van der Waals surface area contributed by atoms with Gasteiger partial charge in [-0.25, -0.2) is 0 Å². The average Bonchev–Trinajstić information content (AvgIpc) is 2.59. The lowest BCUT2D eigenvalue weighted by Gasteiger charge is -2.16. The molecule has 0 aliphatic heterocycles. The number of phenols is 1. The zero-order chi connectivity index (χ0) is 18.7. The van der Waals surface area contributed by atoms with Gasteiger partial charge < -0.3 is 9.84 Å². The van der Waals surface area contributed by atoms with Crippen LogP contribution < -0.4 is 4.74 Å². The van der Waals surface area contributed by atoms with E-state index >= 15 is 0 Å². The predicted molar refractivity (Wildman–Crippen MR) is 108 cm³/mol. The van der Waals surface area contributed by atoms with Crippen molar-refractivity contribution in [3.8, 4) is 11.5 Å². The highest BCUT2D eigenvalue weighted by molar-refractivity contribution is 7.99. The second-order valence-electron chi connectivity index (χ2n) is 6.71. The summed E-state index contributed by atoms with van der Waals surface area (Å²) >= 11 is 1.56. The van der Waals surface area contributed by atoms with Gasteiger partial charge in [-0.05, 0) is 67.6 Å². The summed E-state index contributed by atoms with van der Waals surface area (Å²) < 4.78 is 6.18. The van der Waals surface area contributed by atoms with Crippen molar-refractivity contribution in [3.63, 3.8) is 0 Å². The molecule has 0 aliphatic rings. The Morgan fingerprint density at radius 2 is 1.42 bits per heavy atom. The van der Waals surface area contributed by atoms with Crippen LogP contribution in [0.3, 0.4) is 0 Å². The smallest absolute Gasteiger partial charge is 0.136 e. The van der Waals surface area contributed by atoms with Crippen LogP contribution >= 0.6 is 11.8 Å². The van der Waals surface area contributed by atoms with E-state index in [1.807, 2.05) is 44.2 Å². The maximum Gasteiger partial charge on any atom is 0.136 e. The number of rotatable bonds is 5. The van der Waals surface area contributed by atoms with Crippen molar-refractivity contribution < 1.29 is 9.84 Å². The second kappa shape index (κ2) is 7.88. The summed E-state index contributed by atoms with van der Waals surface area (Å²) in [5.41, 5.74) is 5.45. The molecule has 0 bridgehead atoms. The van der Waals surface area contributed by atoms with Crippen molar-refractivity contribution >= 4 is 11.8 Å². The summed E-state index contributed by atoms with van der Waals surface area (Å²) in [6.45, 7) is 8.65. The Balaban J connectivity index is 1.94. The quantitative estimate of drug-likeness (QED) is 0.571. The molecule has 0 unspecified atom stereocenters. The molecule has 0 saturated heterocycles. The Labute approximate surface area is 159 Å². The number of aryl methyl sites for hydroxylation is 4. The molecule has 3 heteroatoms. The average molecular weight is 365 g/mol. The van der Waals surface area contributed by atoms with Gasteiger partial charge in [0.15, 0.2) is 0 Å². The minimum Gasteiger partial charge on any atom is -0.506 e. The van der Waals surface area contributed by atoms with Crippen LogP contribution in [0, 0.1) is 27.7 Å². The fraction of sp³-hybridized carbons (Fsp3) is 0.217. The number of phenolic OH excluding ortho intramolecular Hbond substituents is 1. The highest BCUT2D eigenvalue weighted by Gasteiger charge is 2.14. The highest BCUT2D eigenvalue weighted by atomic mass is 32.2. The van der Waals surface area contributed by atoms with Crippen molar-refractivity contribution in [3.05, 3.63) is 82.4 Å². The molecule has 3 aromatic carbocycles. The van der Waals surface area contributed by atoms with Gasteiger partial charge in [0.25, 0.3) is 0 Å². The van der Waals surface area contributed by atoms with Crippen LogP contribution in [0.4, 0.5) is 0 Å². The molecule has 0 amide bonds. The zero-order valence-corrected chi connectivity index (χ0v) is 16.5. The van der Waals surface area contributed by atoms with E-state index in [9.17, 15) is 5.11 Å². The molecule has 0 heterocycles. The van der Waals surface area contributed by atoms with Crippen molar-refractivity contribution in [2.24, 2.45) is 0 Å². The molecule has 0 spiro atoms. The topological polar surface area (TPSA) is 29.5 Å². The van der Waals surface area contributed by atoms with Crippen LogP contribution in [0.1, 0.15) is 27.8 Å². The molecule has 2 nitrogen and oxygen atoms in total. The van der Waals surface area contributed by atoms with Crippen LogP contribution in [-0.4, -0.2) is 5.11 Å². The summed E-state index contributed by atoms with van der Waals surface area (Å²) in [5.74, 6) is 1.22. The summed E-state index contributed by atoms with van der Waals surface area (Å²) in [4.78, 5) is 1.88. The third kappa shape index (κ3) is 4.23. The molecule has 0 saturated carbocycles. The minimum atomic E-state index is 0.341. The Morgan fingerprint density at radius 1 is 0.808 bits per heavy atom. The molecule has 0 atom stereocenters. The van der Waals surface area contributed by atoms with Gasteiger partial charge in [-0.3, -0.25) is 0 Å². The minimum absolute atomic E-state index is 0.341. The Kier molecular flexibility index (Phi) is 5.58. The van der Waals surface area contributed by atoms with E-state index in [4.69, 9.17) is 4.74 Å². The van der Waals surface area contributed by atoms with Crippen LogP contribution in [-0.2, 0) is 6.61 Å². The lowest BCUT2D eigenvalue weighted by molar-refractivity contribution is 0.296. The molecule has 0 aliphatic carbocycles. The van der Waals surface area contributed by atoms with E-state index in [1.165, 1.54) is 5.56 Å². The van der Waals surface area contributed by atoms with E-state index in [0.29, 0.717) is 12.4 Å². The SMILES string of the molecule is Cc1cc(C)c(O)c(Sc2cc(C)cc(C)c2OCc2ccccc2)c1. The Bertz CT molecular complexity index is 917. The van der Waals surface area contributed by atoms with Crippen molar-refractivity contribution in [2.75, 3.05) is 0 Å². The third-order valence-corrected chi connectivity index (χ3v) is 5.29. The van der Waals surface area contributed by atoms with Gasteiger partial charge >= 0.3 is 0 Å². The van der Waals surface area contributed by atoms with E-state index in [-0.39, 0.29) is 0 Å². The van der Waals surface area contributed by atoms with Gasteiger partial charge in [0.2, 0.25) is 0 Å². The Morgan fingerprint density at radius 3 is 2.12 bits per heavy atom. The van der Waals surface area contributed by atoms with Crippen LogP contribution in [0.2, 0.25) is 0 Å². The van der Waals surface area contributed by atoms with Crippen LogP contribution in [0.25, 0.3) is 0 Å².